The number of rotatable bonds is 5. The standard InChI is InChI=1S/C7H12N2O2S/c1-3-4-5-9-12(10,11)7(2)6-8/h3,7,9H,1,4-5H2,2H3. The highest BCUT2D eigenvalue weighted by atomic mass is 32.2. The van der Waals surface area contributed by atoms with Crippen molar-refractivity contribution in [2.24, 2.45) is 0 Å². The van der Waals surface area contributed by atoms with Gasteiger partial charge in [0.25, 0.3) is 0 Å². The third-order valence-corrected chi connectivity index (χ3v) is 2.94. The Bertz CT molecular complexity index is 276. The maximum Gasteiger partial charge on any atom is 0.227 e. The molecule has 0 aliphatic carbocycles. The molecule has 0 fully saturated rings. The van der Waals surface area contributed by atoms with Gasteiger partial charge in [0.05, 0.1) is 6.07 Å². The van der Waals surface area contributed by atoms with Crippen molar-refractivity contribution in [2.45, 2.75) is 18.6 Å². The molecule has 0 spiro atoms. The van der Waals surface area contributed by atoms with Crippen molar-refractivity contribution < 1.29 is 8.42 Å². The van der Waals surface area contributed by atoms with Crippen molar-refractivity contribution >= 4 is 10.0 Å². The lowest BCUT2D eigenvalue weighted by atomic mass is 10.4. The normalized spacial score (nSPS) is 13.3. The van der Waals surface area contributed by atoms with Crippen LogP contribution in [0.25, 0.3) is 0 Å². The summed E-state index contributed by atoms with van der Waals surface area (Å²) in [4.78, 5) is 0. The Morgan fingerprint density at radius 1 is 1.75 bits per heavy atom. The zero-order chi connectivity index (χ0) is 9.61. The molecule has 0 amide bonds. The van der Waals surface area contributed by atoms with E-state index < -0.39 is 15.3 Å². The van der Waals surface area contributed by atoms with E-state index in [9.17, 15) is 8.42 Å². The third-order valence-electron chi connectivity index (χ3n) is 1.30. The summed E-state index contributed by atoms with van der Waals surface area (Å²) in [6.07, 6.45) is 2.18. The largest absolute Gasteiger partial charge is 0.227 e. The molecule has 0 aliphatic heterocycles. The lowest BCUT2D eigenvalue weighted by Crippen LogP contribution is -2.32. The van der Waals surface area contributed by atoms with E-state index in [0.717, 1.165) is 0 Å². The number of hydrogen-bond donors (Lipinski definition) is 1. The quantitative estimate of drug-likeness (QED) is 0.501. The molecule has 1 atom stereocenters. The van der Waals surface area contributed by atoms with Gasteiger partial charge in [-0.1, -0.05) is 6.08 Å². The summed E-state index contributed by atoms with van der Waals surface area (Å²) in [5, 5.41) is 7.34. The van der Waals surface area contributed by atoms with Gasteiger partial charge in [-0.15, -0.1) is 6.58 Å². The zero-order valence-electron chi connectivity index (χ0n) is 6.95. The minimum absolute atomic E-state index is 0.303. The highest BCUT2D eigenvalue weighted by Gasteiger charge is 2.18. The van der Waals surface area contributed by atoms with Crippen molar-refractivity contribution in [3.8, 4) is 6.07 Å². The van der Waals surface area contributed by atoms with E-state index in [-0.39, 0.29) is 0 Å². The molecule has 5 heteroatoms. The molecular weight excluding hydrogens is 176 g/mol. The van der Waals surface area contributed by atoms with Crippen molar-refractivity contribution in [2.75, 3.05) is 6.54 Å². The molecule has 1 unspecified atom stereocenters. The van der Waals surface area contributed by atoms with Gasteiger partial charge in [-0.2, -0.15) is 5.26 Å². The van der Waals surface area contributed by atoms with Gasteiger partial charge in [-0.25, -0.2) is 13.1 Å². The molecule has 0 bridgehead atoms. The maximum atomic E-state index is 11.1. The fourth-order valence-corrected chi connectivity index (χ4v) is 1.29. The van der Waals surface area contributed by atoms with Gasteiger partial charge in [0.2, 0.25) is 10.0 Å². The number of nitrogens with zero attached hydrogens (tertiary/aromatic N) is 1. The van der Waals surface area contributed by atoms with E-state index in [1.807, 2.05) is 0 Å². The zero-order valence-corrected chi connectivity index (χ0v) is 7.76. The summed E-state index contributed by atoms with van der Waals surface area (Å²) in [5.74, 6) is 0. The van der Waals surface area contributed by atoms with E-state index in [1.54, 1.807) is 12.1 Å². The Hall–Kier alpha value is -0.860. The van der Waals surface area contributed by atoms with Crippen LogP contribution in [0.15, 0.2) is 12.7 Å². The van der Waals surface area contributed by atoms with E-state index in [2.05, 4.69) is 11.3 Å². The third kappa shape index (κ3) is 3.51. The average Bonchev–Trinajstić information content (AvgIpc) is 2.03. The molecule has 0 heterocycles. The summed E-state index contributed by atoms with van der Waals surface area (Å²) in [7, 11) is -3.44. The molecule has 0 saturated heterocycles. The van der Waals surface area contributed by atoms with Crippen LogP contribution in [0.2, 0.25) is 0 Å². The van der Waals surface area contributed by atoms with Gasteiger partial charge in [0.15, 0.2) is 5.25 Å². The minimum Gasteiger partial charge on any atom is -0.214 e. The molecule has 0 radical (unpaired) electrons. The fourth-order valence-electron chi connectivity index (χ4n) is 0.498. The summed E-state index contributed by atoms with van der Waals surface area (Å²) in [5.41, 5.74) is 0. The van der Waals surface area contributed by atoms with Crippen LogP contribution >= 0.6 is 0 Å². The first kappa shape index (κ1) is 11.1. The first-order valence-electron chi connectivity index (χ1n) is 3.53. The van der Waals surface area contributed by atoms with E-state index in [0.29, 0.717) is 13.0 Å². The molecule has 4 nitrogen and oxygen atoms in total. The Morgan fingerprint density at radius 2 is 2.33 bits per heavy atom. The van der Waals surface area contributed by atoms with Crippen LogP contribution in [0.1, 0.15) is 13.3 Å². The summed E-state index contributed by atoms with van der Waals surface area (Å²) in [6.45, 7) is 5.09. The van der Waals surface area contributed by atoms with Crippen LogP contribution in [-0.4, -0.2) is 20.2 Å². The average molecular weight is 188 g/mol. The van der Waals surface area contributed by atoms with Crippen molar-refractivity contribution in [3.05, 3.63) is 12.7 Å². The SMILES string of the molecule is C=CCCNS(=O)(=O)C(C)C#N. The van der Waals surface area contributed by atoms with Crippen LogP contribution in [0.3, 0.4) is 0 Å². The fraction of sp³-hybridized carbons (Fsp3) is 0.571. The molecule has 0 aliphatic rings. The van der Waals surface area contributed by atoms with Crippen LogP contribution in [-0.2, 0) is 10.0 Å². The van der Waals surface area contributed by atoms with E-state index in [4.69, 9.17) is 5.26 Å². The lowest BCUT2D eigenvalue weighted by Gasteiger charge is -2.05. The second-order valence-electron chi connectivity index (χ2n) is 2.29. The number of sulfonamides is 1. The van der Waals surface area contributed by atoms with Gasteiger partial charge < -0.3 is 0 Å². The molecule has 0 aromatic heterocycles. The van der Waals surface area contributed by atoms with Gasteiger partial charge in [-0.05, 0) is 13.3 Å². The number of nitrogens with one attached hydrogen (secondary N) is 1. The first-order valence-corrected chi connectivity index (χ1v) is 5.08. The van der Waals surface area contributed by atoms with Crippen molar-refractivity contribution in [3.63, 3.8) is 0 Å². The monoisotopic (exact) mass is 188 g/mol. The predicted octanol–water partition coefficient (Wildman–Crippen LogP) is 0.394. The Labute approximate surface area is 72.9 Å². The number of nitriles is 1. The van der Waals surface area contributed by atoms with Crippen LogP contribution in [0, 0.1) is 11.3 Å². The molecular formula is C7H12N2O2S. The molecule has 12 heavy (non-hydrogen) atoms. The maximum absolute atomic E-state index is 11.1. The van der Waals surface area contributed by atoms with Crippen LogP contribution in [0.4, 0.5) is 0 Å². The molecule has 0 saturated carbocycles. The van der Waals surface area contributed by atoms with Crippen LogP contribution < -0.4 is 4.72 Å². The summed E-state index contributed by atoms with van der Waals surface area (Å²) < 4.78 is 24.4. The Morgan fingerprint density at radius 3 is 2.75 bits per heavy atom. The highest BCUT2D eigenvalue weighted by Crippen LogP contribution is 1.95. The smallest absolute Gasteiger partial charge is 0.214 e. The van der Waals surface area contributed by atoms with Crippen LogP contribution in [0.5, 0.6) is 0 Å². The second kappa shape index (κ2) is 4.91. The predicted molar refractivity (Wildman–Crippen MR) is 46.8 cm³/mol. The van der Waals surface area contributed by atoms with Gasteiger partial charge >= 0.3 is 0 Å². The molecule has 0 rings (SSSR count). The first-order chi connectivity index (χ1) is 5.54. The second-order valence-corrected chi connectivity index (χ2v) is 4.37. The molecule has 1 N–H and O–H groups in total. The minimum atomic E-state index is -3.44. The van der Waals surface area contributed by atoms with E-state index >= 15 is 0 Å². The summed E-state index contributed by atoms with van der Waals surface area (Å²) >= 11 is 0. The Balaban J connectivity index is 4.08. The van der Waals surface area contributed by atoms with Crippen molar-refractivity contribution in [1.29, 1.82) is 5.26 Å². The Kier molecular flexibility index (Phi) is 4.55. The van der Waals surface area contributed by atoms with Gasteiger partial charge in [-0.3, -0.25) is 0 Å². The van der Waals surface area contributed by atoms with Crippen molar-refractivity contribution in [1.82, 2.24) is 4.72 Å². The van der Waals surface area contributed by atoms with Gasteiger partial charge in [0.1, 0.15) is 0 Å². The topological polar surface area (TPSA) is 70.0 Å². The lowest BCUT2D eigenvalue weighted by molar-refractivity contribution is 0.577. The molecule has 0 aromatic carbocycles. The van der Waals surface area contributed by atoms with E-state index in [1.165, 1.54) is 6.92 Å². The number of hydrogen-bond acceptors (Lipinski definition) is 3. The summed E-state index contributed by atoms with van der Waals surface area (Å²) in [6, 6.07) is 1.66. The van der Waals surface area contributed by atoms with Gasteiger partial charge in [0, 0.05) is 6.54 Å². The molecule has 68 valence electrons. The molecule has 0 aromatic rings. The highest BCUT2D eigenvalue weighted by molar-refractivity contribution is 7.90.